The van der Waals surface area contributed by atoms with Gasteiger partial charge in [-0.15, -0.1) is 0 Å². The molecule has 1 heterocycles. The third kappa shape index (κ3) is 6.41. The Hall–Kier alpha value is -2.32. The van der Waals surface area contributed by atoms with Crippen LogP contribution in [-0.4, -0.2) is 32.1 Å². The van der Waals surface area contributed by atoms with Crippen molar-refractivity contribution in [2.45, 2.75) is 38.7 Å². The van der Waals surface area contributed by atoms with Gasteiger partial charge in [-0.1, -0.05) is 51.1 Å². The first-order valence-electron chi connectivity index (χ1n) is 8.99. The van der Waals surface area contributed by atoms with Gasteiger partial charge in [-0.25, -0.2) is 9.37 Å². The first-order valence-corrected chi connectivity index (χ1v) is 10.6. The van der Waals surface area contributed by atoms with Crippen LogP contribution in [0.2, 0.25) is 5.04 Å². The van der Waals surface area contributed by atoms with Crippen LogP contribution in [0, 0.1) is 15.9 Å². The molecular formula is C19H26FN3O3Si. The van der Waals surface area contributed by atoms with Gasteiger partial charge in [-0.05, 0) is 23.1 Å². The van der Waals surface area contributed by atoms with E-state index in [9.17, 15) is 14.5 Å². The first-order chi connectivity index (χ1) is 12.8. The van der Waals surface area contributed by atoms with Crippen LogP contribution in [0.4, 0.5) is 15.9 Å². The van der Waals surface area contributed by atoms with Gasteiger partial charge in [0.15, 0.2) is 0 Å². The highest BCUT2D eigenvalue weighted by Gasteiger charge is 2.29. The average molecular weight is 392 g/mol. The second kappa shape index (κ2) is 9.57. The van der Waals surface area contributed by atoms with Crippen molar-refractivity contribution < 1.29 is 13.7 Å². The van der Waals surface area contributed by atoms with E-state index in [1.165, 1.54) is 5.19 Å². The predicted molar refractivity (Wildman–Crippen MR) is 107 cm³/mol. The lowest BCUT2D eigenvalue weighted by molar-refractivity contribution is -0.384. The Labute approximate surface area is 160 Å². The van der Waals surface area contributed by atoms with E-state index in [1.807, 2.05) is 18.2 Å². The summed E-state index contributed by atoms with van der Waals surface area (Å²) in [7, 11) is -1.58. The summed E-state index contributed by atoms with van der Waals surface area (Å²) < 4.78 is 19.4. The summed E-state index contributed by atoms with van der Waals surface area (Å²) in [5.41, 5.74) is -0.351. The van der Waals surface area contributed by atoms with E-state index in [0.717, 1.165) is 25.1 Å². The number of benzene rings is 1. The number of anilines is 1. The van der Waals surface area contributed by atoms with Gasteiger partial charge in [0.25, 0.3) is 0 Å². The Kier molecular flexibility index (Phi) is 7.43. The number of nitrogens with zero attached hydrogens (tertiary/aromatic N) is 2. The maximum absolute atomic E-state index is 13.1. The van der Waals surface area contributed by atoms with Crippen molar-refractivity contribution in [3.8, 4) is 0 Å². The zero-order valence-electron chi connectivity index (χ0n) is 15.9. The summed E-state index contributed by atoms with van der Waals surface area (Å²) in [6.45, 7) is 7.77. The van der Waals surface area contributed by atoms with Crippen LogP contribution in [0.5, 0.6) is 0 Å². The number of unbranched alkanes of at least 4 members (excludes halogenated alkanes) is 1. The molecule has 0 amide bonds. The summed E-state index contributed by atoms with van der Waals surface area (Å²) >= 11 is 0. The molecule has 1 atom stereocenters. The topological polar surface area (TPSA) is 77.3 Å². The summed E-state index contributed by atoms with van der Waals surface area (Å²) in [5, 5.41) is 15.3. The molecule has 0 bridgehead atoms. The van der Waals surface area contributed by atoms with Gasteiger partial charge in [0, 0.05) is 13.2 Å². The van der Waals surface area contributed by atoms with Crippen molar-refractivity contribution in [1.82, 2.24) is 4.98 Å². The number of pyridine rings is 1. The summed E-state index contributed by atoms with van der Waals surface area (Å²) in [4.78, 5) is 14.1. The number of halogens is 1. The van der Waals surface area contributed by atoms with Gasteiger partial charge in [-0.2, -0.15) is 0 Å². The van der Waals surface area contributed by atoms with Crippen LogP contribution < -0.4 is 10.5 Å². The molecule has 2 rings (SSSR count). The van der Waals surface area contributed by atoms with Gasteiger partial charge in [0.2, 0.25) is 14.9 Å². The van der Waals surface area contributed by atoms with Crippen LogP contribution in [0.1, 0.15) is 33.6 Å². The number of rotatable bonds is 9. The number of nitrogens with one attached hydrogen (secondary N) is 1. The molecule has 1 aromatic heterocycles. The van der Waals surface area contributed by atoms with E-state index in [2.05, 4.69) is 43.2 Å². The van der Waals surface area contributed by atoms with E-state index in [1.54, 1.807) is 0 Å². The first kappa shape index (κ1) is 21.0. The molecule has 146 valence electrons. The molecule has 0 aliphatic heterocycles. The maximum Gasteiger partial charge on any atom is 0.314 e. The molecule has 8 heteroatoms. The van der Waals surface area contributed by atoms with E-state index < -0.39 is 19.8 Å². The zero-order valence-corrected chi connectivity index (χ0v) is 17.1. The number of hydrogen-bond donors (Lipinski definition) is 1. The van der Waals surface area contributed by atoms with Gasteiger partial charge >= 0.3 is 5.69 Å². The second-order valence-electron chi connectivity index (χ2n) is 7.44. The highest BCUT2D eigenvalue weighted by molar-refractivity contribution is 6.70. The molecule has 0 radical (unpaired) electrons. The smallest absolute Gasteiger partial charge is 0.314 e. The minimum Gasteiger partial charge on any atom is -0.415 e. The predicted octanol–water partition coefficient (Wildman–Crippen LogP) is 3.77. The molecular weight excluding hydrogens is 365 g/mol. The lowest BCUT2D eigenvalue weighted by Crippen LogP contribution is -2.41. The number of nitro groups is 1. The highest BCUT2D eigenvalue weighted by Crippen LogP contribution is 2.27. The van der Waals surface area contributed by atoms with E-state index in [0.29, 0.717) is 13.2 Å². The van der Waals surface area contributed by atoms with Crippen molar-refractivity contribution in [2.24, 2.45) is 0 Å². The third-order valence-corrected chi connectivity index (χ3v) is 7.20. The monoisotopic (exact) mass is 391 g/mol. The van der Waals surface area contributed by atoms with Crippen LogP contribution in [0.3, 0.4) is 0 Å². The lowest BCUT2D eigenvalue weighted by Gasteiger charge is -2.29. The van der Waals surface area contributed by atoms with Crippen LogP contribution in [0.15, 0.2) is 42.6 Å². The molecule has 1 aromatic carbocycles. The van der Waals surface area contributed by atoms with E-state index >= 15 is 0 Å². The molecule has 0 aliphatic rings. The molecule has 1 N–H and O–H groups in total. The molecule has 0 spiro atoms. The molecule has 6 nitrogen and oxygen atoms in total. The normalized spacial score (nSPS) is 12.6. The van der Waals surface area contributed by atoms with Gasteiger partial charge in [0.1, 0.15) is 5.82 Å². The van der Waals surface area contributed by atoms with E-state index in [4.69, 9.17) is 4.43 Å². The Morgan fingerprint density at radius 1 is 1.26 bits per heavy atom. The summed E-state index contributed by atoms with van der Waals surface area (Å²) in [6, 6.07) is 11.2. The second-order valence-corrected chi connectivity index (χ2v) is 10.9. The Bertz CT molecular complexity index is 754. The average Bonchev–Trinajstić information content (AvgIpc) is 2.61. The Balaban J connectivity index is 1.81. The van der Waals surface area contributed by atoms with Crippen molar-refractivity contribution in [2.75, 3.05) is 18.5 Å². The number of hydrogen-bond acceptors (Lipinski definition) is 5. The standard InChI is InChI=1S/C19H26FN3O3Si/c1-19(2,3)27(16-9-5-4-6-10-16)26-12-8-7-11-21-18-17(23(24)25)13-15(20)14-22-18/h4-6,9-10,13-14,27H,7-8,11-12H2,1-3H3,(H,21,22). The quantitative estimate of drug-likeness (QED) is 0.305. The van der Waals surface area contributed by atoms with Gasteiger partial charge < -0.3 is 9.74 Å². The molecule has 0 aliphatic carbocycles. The fourth-order valence-corrected chi connectivity index (χ4v) is 5.48. The van der Waals surface area contributed by atoms with Gasteiger partial charge in [-0.3, -0.25) is 10.1 Å². The van der Waals surface area contributed by atoms with Crippen LogP contribution >= 0.6 is 0 Å². The van der Waals surface area contributed by atoms with Crippen molar-refractivity contribution in [3.05, 3.63) is 58.5 Å². The largest absolute Gasteiger partial charge is 0.415 e. The summed E-state index contributed by atoms with van der Waals surface area (Å²) in [5.74, 6) is -0.631. The SMILES string of the molecule is CC(C)(C)[SiH](OCCCCNc1ncc(F)cc1[N+](=O)[O-])c1ccccc1. The Morgan fingerprint density at radius 2 is 1.96 bits per heavy atom. The molecule has 2 aromatic rings. The van der Waals surface area contributed by atoms with Gasteiger partial charge in [0.05, 0.1) is 17.2 Å². The molecule has 0 fully saturated rings. The highest BCUT2D eigenvalue weighted by atomic mass is 28.3. The maximum atomic E-state index is 13.1. The number of aromatic nitrogens is 1. The molecule has 0 saturated heterocycles. The zero-order chi connectivity index (χ0) is 19.9. The minimum atomic E-state index is -1.58. The lowest BCUT2D eigenvalue weighted by atomic mass is 10.2. The van der Waals surface area contributed by atoms with Crippen LogP contribution in [0.25, 0.3) is 0 Å². The molecule has 27 heavy (non-hydrogen) atoms. The summed E-state index contributed by atoms with van der Waals surface area (Å²) in [6.07, 6.45) is 2.57. The fraction of sp³-hybridized carbons (Fsp3) is 0.421. The minimum absolute atomic E-state index is 0.0912. The van der Waals surface area contributed by atoms with Crippen LogP contribution in [-0.2, 0) is 4.43 Å². The van der Waals surface area contributed by atoms with Crippen molar-refractivity contribution in [3.63, 3.8) is 0 Å². The van der Waals surface area contributed by atoms with Crippen molar-refractivity contribution in [1.29, 1.82) is 0 Å². The van der Waals surface area contributed by atoms with E-state index in [-0.39, 0.29) is 16.5 Å². The van der Waals surface area contributed by atoms with Crippen molar-refractivity contribution >= 4 is 25.7 Å². The third-order valence-electron chi connectivity index (χ3n) is 4.07. The Morgan fingerprint density at radius 3 is 2.59 bits per heavy atom. The molecule has 0 saturated carbocycles. The fourth-order valence-electron chi connectivity index (χ4n) is 2.81. The molecule has 1 unspecified atom stereocenters.